The van der Waals surface area contributed by atoms with Gasteiger partial charge in [0.15, 0.2) is 0 Å². The first kappa shape index (κ1) is 12.0. The molecule has 0 bridgehead atoms. The van der Waals surface area contributed by atoms with Crippen LogP contribution in [0, 0.1) is 5.92 Å². The number of rotatable bonds is 7. The lowest BCUT2D eigenvalue weighted by Crippen LogP contribution is -2.13. The normalized spacial score (nSPS) is 12.3. The molecular weight excluding hydrogens is 188 g/mol. The summed E-state index contributed by atoms with van der Waals surface area (Å²) in [6, 6.07) is 10.0. The molecular formula is C13H18O2. The second kappa shape index (κ2) is 7.21. The zero-order valence-electron chi connectivity index (χ0n) is 8.93. The monoisotopic (exact) mass is 206 g/mol. The second-order valence-corrected chi connectivity index (χ2v) is 3.57. The number of ether oxygens (including phenoxy) is 1. The Hall–Kier alpha value is -1.12. The summed E-state index contributed by atoms with van der Waals surface area (Å²) in [6.07, 6.45) is 2.61. The highest BCUT2D eigenvalue weighted by atomic mass is 16.5. The third-order valence-corrected chi connectivity index (χ3v) is 2.22. The van der Waals surface area contributed by atoms with Crippen LogP contribution in [0.2, 0.25) is 0 Å². The number of aliphatic hydroxyl groups excluding tert-OH is 1. The first-order chi connectivity index (χ1) is 7.36. The highest BCUT2D eigenvalue weighted by Crippen LogP contribution is 2.06. The number of aliphatic hydroxyl groups is 1. The minimum absolute atomic E-state index is 0.154. The van der Waals surface area contributed by atoms with Crippen molar-refractivity contribution in [3.05, 3.63) is 48.6 Å². The van der Waals surface area contributed by atoms with Crippen LogP contribution in [-0.4, -0.2) is 18.3 Å². The van der Waals surface area contributed by atoms with E-state index in [-0.39, 0.29) is 12.5 Å². The van der Waals surface area contributed by atoms with Crippen LogP contribution < -0.4 is 0 Å². The van der Waals surface area contributed by atoms with Gasteiger partial charge in [-0.1, -0.05) is 36.4 Å². The zero-order valence-corrected chi connectivity index (χ0v) is 8.93. The fourth-order valence-corrected chi connectivity index (χ4v) is 1.35. The van der Waals surface area contributed by atoms with Crippen molar-refractivity contribution in [2.75, 3.05) is 13.2 Å². The van der Waals surface area contributed by atoms with Gasteiger partial charge in [-0.3, -0.25) is 0 Å². The van der Waals surface area contributed by atoms with Crippen LogP contribution in [0.4, 0.5) is 0 Å². The maximum absolute atomic E-state index is 9.03. The van der Waals surface area contributed by atoms with E-state index in [1.165, 1.54) is 0 Å². The lowest BCUT2D eigenvalue weighted by molar-refractivity contribution is 0.0640. The van der Waals surface area contributed by atoms with Gasteiger partial charge in [-0.05, 0) is 12.0 Å². The lowest BCUT2D eigenvalue weighted by atomic mass is 10.1. The summed E-state index contributed by atoms with van der Waals surface area (Å²) in [5.41, 5.74) is 1.16. The molecule has 1 N–H and O–H groups in total. The first-order valence-corrected chi connectivity index (χ1v) is 5.20. The summed E-state index contributed by atoms with van der Waals surface area (Å²) in [7, 11) is 0. The van der Waals surface area contributed by atoms with Crippen LogP contribution in [0.25, 0.3) is 0 Å². The molecule has 2 nitrogen and oxygen atoms in total. The summed E-state index contributed by atoms with van der Waals surface area (Å²) >= 11 is 0. The minimum atomic E-state index is 0.154. The molecule has 0 saturated carbocycles. The van der Waals surface area contributed by atoms with Gasteiger partial charge in [-0.15, -0.1) is 6.58 Å². The number of hydrogen-bond acceptors (Lipinski definition) is 2. The third-order valence-electron chi connectivity index (χ3n) is 2.22. The van der Waals surface area contributed by atoms with E-state index in [2.05, 4.69) is 6.58 Å². The van der Waals surface area contributed by atoms with Crippen LogP contribution in [-0.2, 0) is 11.3 Å². The molecule has 0 aliphatic carbocycles. The van der Waals surface area contributed by atoms with E-state index < -0.39 is 0 Å². The first-order valence-electron chi connectivity index (χ1n) is 5.20. The van der Waals surface area contributed by atoms with Gasteiger partial charge >= 0.3 is 0 Å². The molecule has 15 heavy (non-hydrogen) atoms. The molecule has 0 aliphatic heterocycles. The molecule has 1 aromatic carbocycles. The molecule has 1 aromatic rings. The highest BCUT2D eigenvalue weighted by Gasteiger charge is 2.04. The molecule has 1 rings (SSSR count). The quantitative estimate of drug-likeness (QED) is 0.694. The van der Waals surface area contributed by atoms with Gasteiger partial charge in [0, 0.05) is 12.5 Å². The van der Waals surface area contributed by atoms with E-state index >= 15 is 0 Å². The van der Waals surface area contributed by atoms with Gasteiger partial charge in [-0.2, -0.15) is 0 Å². The van der Waals surface area contributed by atoms with Gasteiger partial charge in [-0.25, -0.2) is 0 Å². The van der Waals surface area contributed by atoms with Gasteiger partial charge in [0.1, 0.15) is 0 Å². The Morgan fingerprint density at radius 2 is 2.07 bits per heavy atom. The topological polar surface area (TPSA) is 29.5 Å². The summed E-state index contributed by atoms with van der Waals surface area (Å²) in [5, 5.41) is 9.03. The van der Waals surface area contributed by atoms with Crippen molar-refractivity contribution >= 4 is 0 Å². The molecule has 2 heteroatoms. The van der Waals surface area contributed by atoms with Gasteiger partial charge in [0.25, 0.3) is 0 Å². The molecule has 0 aromatic heterocycles. The second-order valence-electron chi connectivity index (χ2n) is 3.57. The number of hydrogen-bond donors (Lipinski definition) is 1. The fraction of sp³-hybridized carbons (Fsp3) is 0.385. The summed E-state index contributed by atoms with van der Waals surface area (Å²) in [6.45, 7) is 4.99. The van der Waals surface area contributed by atoms with Crippen LogP contribution in [0.3, 0.4) is 0 Å². The maximum atomic E-state index is 9.03. The van der Waals surface area contributed by atoms with Crippen molar-refractivity contribution in [3.8, 4) is 0 Å². The third kappa shape index (κ3) is 4.77. The predicted molar refractivity (Wildman–Crippen MR) is 61.5 cm³/mol. The predicted octanol–water partition coefficient (Wildman–Crippen LogP) is 2.39. The average Bonchev–Trinajstić information content (AvgIpc) is 2.29. The summed E-state index contributed by atoms with van der Waals surface area (Å²) in [5.74, 6) is 0.172. The van der Waals surface area contributed by atoms with Crippen molar-refractivity contribution in [3.63, 3.8) is 0 Å². The van der Waals surface area contributed by atoms with Crippen LogP contribution in [0.15, 0.2) is 43.0 Å². The largest absolute Gasteiger partial charge is 0.396 e. The summed E-state index contributed by atoms with van der Waals surface area (Å²) in [4.78, 5) is 0. The van der Waals surface area contributed by atoms with Gasteiger partial charge in [0.05, 0.1) is 13.2 Å². The number of benzene rings is 1. The van der Waals surface area contributed by atoms with E-state index in [1.807, 2.05) is 36.4 Å². The highest BCUT2D eigenvalue weighted by molar-refractivity contribution is 5.13. The molecule has 0 aliphatic rings. The molecule has 0 unspecified atom stereocenters. The average molecular weight is 206 g/mol. The van der Waals surface area contributed by atoms with Crippen molar-refractivity contribution in [1.29, 1.82) is 0 Å². The van der Waals surface area contributed by atoms with E-state index in [0.717, 1.165) is 12.0 Å². The molecule has 0 saturated heterocycles. The van der Waals surface area contributed by atoms with Gasteiger partial charge in [0.2, 0.25) is 0 Å². The smallest absolute Gasteiger partial charge is 0.0717 e. The fourth-order valence-electron chi connectivity index (χ4n) is 1.35. The molecule has 0 radical (unpaired) electrons. The van der Waals surface area contributed by atoms with Crippen LogP contribution >= 0.6 is 0 Å². The Bertz CT molecular complexity index is 269. The number of allylic oxidation sites excluding steroid dienone is 1. The van der Waals surface area contributed by atoms with E-state index in [4.69, 9.17) is 9.84 Å². The Balaban J connectivity index is 2.23. The molecule has 1 atom stereocenters. The SMILES string of the molecule is C=CC[C@H](CO)COCc1ccccc1. The Morgan fingerprint density at radius 1 is 1.33 bits per heavy atom. The minimum Gasteiger partial charge on any atom is -0.396 e. The Morgan fingerprint density at radius 3 is 2.67 bits per heavy atom. The van der Waals surface area contributed by atoms with Crippen LogP contribution in [0.1, 0.15) is 12.0 Å². The standard InChI is InChI=1S/C13H18O2/c1-2-6-13(9-14)11-15-10-12-7-4-3-5-8-12/h2-5,7-8,13-14H,1,6,9-11H2/t13-/m1/s1. The molecule has 82 valence electrons. The summed E-state index contributed by atoms with van der Waals surface area (Å²) < 4.78 is 5.52. The maximum Gasteiger partial charge on any atom is 0.0717 e. The zero-order chi connectivity index (χ0) is 10.9. The van der Waals surface area contributed by atoms with Crippen molar-refractivity contribution < 1.29 is 9.84 Å². The van der Waals surface area contributed by atoms with Crippen molar-refractivity contribution in [1.82, 2.24) is 0 Å². The molecule has 0 spiro atoms. The lowest BCUT2D eigenvalue weighted by Gasteiger charge is -2.12. The van der Waals surface area contributed by atoms with Crippen molar-refractivity contribution in [2.45, 2.75) is 13.0 Å². The Kier molecular flexibility index (Phi) is 5.74. The Labute approximate surface area is 91.2 Å². The molecule has 0 fully saturated rings. The van der Waals surface area contributed by atoms with E-state index in [9.17, 15) is 0 Å². The molecule has 0 heterocycles. The molecule has 0 amide bonds. The van der Waals surface area contributed by atoms with E-state index in [0.29, 0.717) is 13.2 Å². The van der Waals surface area contributed by atoms with Gasteiger partial charge < -0.3 is 9.84 Å². The van der Waals surface area contributed by atoms with Crippen molar-refractivity contribution in [2.24, 2.45) is 5.92 Å². The van der Waals surface area contributed by atoms with Crippen LogP contribution in [0.5, 0.6) is 0 Å². The van der Waals surface area contributed by atoms with E-state index in [1.54, 1.807) is 0 Å².